The molecule has 0 aliphatic heterocycles. The fourth-order valence-electron chi connectivity index (χ4n) is 10.9. The molecule has 12 aromatic rings. The molecule has 0 amide bonds. The summed E-state index contributed by atoms with van der Waals surface area (Å²) in [6.45, 7) is 9.15. The monoisotopic (exact) mass is 896 g/mol. The van der Waals surface area contributed by atoms with Crippen LogP contribution in [0.4, 0.5) is 34.1 Å². The van der Waals surface area contributed by atoms with Gasteiger partial charge in [-0.25, -0.2) is 0 Å². The van der Waals surface area contributed by atoms with Crippen molar-refractivity contribution in [3.8, 4) is 44.5 Å². The summed E-state index contributed by atoms with van der Waals surface area (Å²) < 4.78 is 0. The molecule has 0 saturated heterocycles. The fourth-order valence-corrected chi connectivity index (χ4v) is 10.9. The summed E-state index contributed by atoms with van der Waals surface area (Å²) in [5.41, 5.74) is 21.3. The van der Waals surface area contributed by atoms with Gasteiger partial charge in [0.05, 0.1) is 22.7 Å². The van der Waals surface area contributed by atoms with E-state index in [1.165, 1.54) is 99.1 Å². The van der Waals surface area contributed by atoms with E-state index in [2.05, 4.69) is 280 Å². The Labute approximate surface area is 411 Å². The number of rotatable bonds is 10. The number of nitrogens with zero attached hydrogens (tertiary/aromatic N) is 2. The van der Waals surface area contributed by atoms with Gasteiger partial charge in [0.25, 0.3) is 0 Å². The molecule has 0 atom stereocenters. The highest BCUT2D eigenvalue weighted by molar-refractivity contribution is 6.29. The van der Waals surface area contributed by atoms with Crippen molar-refractivity contribution < 1.29 is 0 Å². The molecule has 0 aliphatic rings. The van der Waals surface area contributed by atoms with Crippen LogP contribution >= 0.6 is 0 Å². The van der Waals surface area contributed by atoms with E-state index in [1.54, 1.807) is 0 Å². The predicted octanol–water partition coefficient (Wildman–Crippen LogP) is 19.4. The molecule has 0 spiro atoms. The van der Waals surface area contributed by atoms with Crippen molar-refractivity contribution in [2.75, 3.05) is 9.80 Å². The smallest absolute Gasteiger partial charge is 0.0543 e. The maximum atomic E-state index is 2.51. The van der Waals surface area contributed by atoms with E-state index in [1.807, 2.05) is 0 Å². The Morgan fingerprint density at radius 2 is 0.543 bits per heavy atom. The van der Waals surface area contributed by atoms with Crippen molar-refractivity contribution in [3.05, 3.63) is 265 Å². The Hall–Kier alpha value is -8.72. The van der Waals surface area contributed by atoms with Crippen LogP contribution in [0, 0.1) is 27.7 Å². The van der Waals surface area contributed by atoms with Gasteiger partial charge in [0.2, 0.25) is 0 Å². The topological polar surface area (TPSA) is 6.48 Å². The summed E-state index contributed by atoms with van der Waals surface area (Å²) in [4.78, 5) is 5.03. The first-order valence-electron chi connectivity index (χ1n) is 24.3. The van der Waals surface area contributed by atoms with Crippen LogP contribution < -0.4 is 9.80 Å². The van der Waals surface area contributed by atoms with Crippen LogP contribution in [0.15, 0.2) is 243 Å². The van der Waals surface area contributed by atoms with Gasteiger partial charge in [-0.05, 0) is 177 Å². The second kappa shape index (κ2) is 17.7. The van der Waals surface area contributed by atoms with Crippen LogP contribution in [-0.2, 0) is 0 Å². The molecule has 2 nitrogen and oxygen atoms in total. The maximum Gasteiger partial charge on any atom is 0.0543 e. The lowest BCUT2D eigenvalue weighted by Crippen LogP contribution is -2.14. The lowest BCUT2D eigenvalue weighted by molar-refractivity contribution is 1.25. The van der Waals surface area contributed by atoms with Crippen molar-refractivity contribution in [2.45, 2.75) is 27.7 Å². The number of aryl methyl sites for hydroxylation is 2. The van der Waals surface area contributed by atoms with E-state index in [0.717, 1.165) is 34.1 Å². The summed E-state index contributed by atoms with van der Waals surface area (Å²) in [6.07, 6.45) is 0. The molecule has 70 heavy (non-hydrogen) atoms. The van der Waals surface area contributed by atoms with Crippen LogP contribution in [0.5, 0.6) is 0 Å². The minimum Gasteiger partial charge on any atom is -0.310 e. The Morgan fingerprint density at radius 1 is 0.243 bits per heavy atom. The van der Waals surface area contributed by atoms with E-state index in [-0.39, 0.29) is 0 Å². The lowest BCUT2D eigenvalue weighted by atomic mass is 9.87. The van der Waals surface area contributed by atoms with E-state index < -0.39 is 0 Å². The molecule has 2 heteroatoms. The van der Waals surface area contributed by atoms with Gasteiger partial charge in [-0.3, -0.25) is 0 Å². The van der Waals surface area contributed by atoms with Crippen molar-refractivity contribution >= 4 is 66.4 Å². The molecule has 0 heterocycles. The summed E-state index contributed by atoms with van der Waals surface area (Å²) in [6, 6.07) is 89.0. The second-order valence-electron chi connectivity index (χ2n) is 18.6. The van der Waals surface area contributed by atoms with Crippen LogP contribution in [-0.4, -0.2) is 0 Å². The Kier molecular flexibility index (Phi) is 10.8. The predicted molar refractivity (Wildman–Crippen MR) is 300 cm³/mol. The standard InChI is InChI=1S/C68H52N2/c1-45-39-65(69(55-31-19-9-20-32-55)63-43-53(49-23-11-5-12-24-49)41-61(47(63)3)51-27-15-7-16-28-51)59-38-36-58-46(2)40-66(60-37-35-57(45)67(59)68(58)60)70(56-33-21-10-22-34-56)64-44-54(50-25-13-6-14-26-50)42-62(48(64)4)52-29-17-8-18-30-52/h5-44H,1-4H3. The molecule has 0 aliphatic carbocycles. The SMILES string of the molecule is Cc1c(-c2ccccc2)cc(-c2ccccc2)cc1N(c1ccccc1)c1cc(C)c2ccc3c(N(c4ccccc4)c4cc(-c5ccccc5)cc(-c5ccccc5)c4C)cc(C)c4ccc1c2c43. The van der Waals surface area contributed by atoms with Gasteiger partial charge in [0, 0.05) is 22.1 Å². The van der Waals surface area contributed by atoms with Crippen molar-refractivity contribution in [3.63, 3.8) is 0 Å². The Balaban J connectivity index is 1.15. The van der Waals surface area contributed by atoms with E-state index in [4.69, 9.17) is 0 Å². The zero-order valence-electron chi connectivity index (χ0n) is 40.0. The molecular formula is C68H52N2. The Bertz CT molecular complexity index is 3570. The molecular weight excluding hydrogens is 845 g/mol. The molecule has 0 saturated carbocycles. The Morgan fingerprint density at radius 3 is 0.886 bits per heavy atom. The molecule has 12 aromatic carbocycles. The van der Waals surface area contributed by atoms with Gasteiger partial charge in [0.15, 0.2) is 0 Å². The zero-order valence-corrected chi connectivity index (χ0v) is 40.0. The minimum absolute atomic E-state index is 1.11. The molecule has 0 unspecified atom stereocenters. The second-order valence-corrected chi connectivity index (χ2v) is 18.6. The molecule has 0 fully saturated rings. The number of hydrogen-bond acceptors (Lipinski definition) is 2. The number of hydrogen-bond donors (Lipinski definition) is 0. The number of para-hydroxylation sites is 2. The average molecular weight is 897 g/mol. The highest BCUT2D eigenvalue weighted by Crippen LogP contribution is 2.52. The van der Waals surface area contributed by atoms with Gasteiger partial charge in [-0.1, -0.05) is 182 Å². The van der Waals surface area contributed by atoms with Gasteiger partial charge in [-0.2, -0.15) is 0 Å². The largest absolute Gasteiger partial charge is 0.310 e. The fraction of sp³-hybridized carbons (Fsp3) is 0.0588. The third kappa shape index (κ3) is 7.37. The number of anilines is 6. The molecule has 0 bridgehead atoms. The summed E-state index contributed by atoms with van der Waals surface area (Å²) in [5, 5.41) is 7.52. The summed E-state index contributed by atoms with van der Waals surface area (Å²) in [5.74, 6) is 0. The minimum atomic E-state index is 1.11. The van der Waals surface area contributed by atoms with E-state index >= 15 is 0 Å². The van der Waals surface area contributed by atoms with Crippen molar-refractivity contribution in [1.82, 2.24) is 0 Å². The van der Waals surface area contributed by atoms with Crippen LogP contribution in [0.3, 0.4) is 0 Å². The molecule has 0 aromatic heterocycles. The molecule has 0 N–H and O–H groups in total. The lowest BCUT2D eigenvalue weighted by Gasteiger charge is -2.32. The van der Waals surface area contributed by atoms with Crippen LogP contribution in [0.2, 0.25) is 0 Å². The third-order valence-electron chi connectivity index (χ3n) is 14.4. The normalized spacial score (nSPS) is 11.4. The quantitative estimate of drug-likeness (QED) is 0.126. The first-order valence-corrected chi connectivity index (χ1v) is 24.3. The van der Waals surface area contributed by atoms with Gasteiger partial charge in [-0.15, -0.1) is 0 Å². The first kappa shape index (κ1) is 42.6. The zero-order chi connectivity index (χ0) is 47.3. The first-order chi connectivity index (χ1) is 34.4. The molecule has 334 valence electrons. The van der Waals surface area contributed by atoms with E-state index in [0.29, 0.717) is 0 Å². The van der Waals surface area contributed by atoms with Crippen LogP contribution in [0.1, 0.15) is 22.3 Å². The van der Waals surface area contributed by atoms with Crippen molar-refractivity contribution in [2.24, 2.45) is 0 Å². The van der Waals surface area contributed by atoms with E-state index in [9.17, 15) is 0 Å². The van der Waals surface area contributed by atoms with Gasteiger partial charge in [0.1, 0.15) is 0 Å². The highest BCUT2D eigenvalue weighted by atomic mass is 15.2. The molecule has 12 rings (SSSR count). The van der Waals surface area contributed by atoms with Gasteiger partial charge >= 0.3 is 0 Å². The molecule has 0 radical (unpaired) electrons. The number of benzene rings is 12. The van der Waals surface area contributed by atoms with Crippen molar-refractivity contribution in [1.29, 1.82) is 0 Å². The summed E-state index contributed by atoms with van der Waals surface area (Å²) in [7, 11) is 0. The van der Waals surface area contributed by atoms with Crippen LogP contribution in [0.25, 0.3) is 76.8 Å². The highest BCUT2D eigenvalue weighted by Gasteiger charge is 2.27. The third-order valence-corrected chi connectivity index (χ3v) is 14.4. The van der Waals surface area contributed by atoms with Gasteiger partial charge < -0.3 is 9.80 Å². The summed E-state index contributed by atoms with van der Waals surface area (Å²) >= 11 is 0. The maximum absolute atomic E-state index is 2.51. The average Bonchev–Trinajstić information content (AvgIpc) is 3.42.